The predicted molar refractivity (Wildman–Crippen MR) is 124 cm³/mol. The van der Waals surface area contributed by atoms with Gasteiger partial charge in [-0.05, 0) is 22.8 Å². The lowest BCUT2D eigenvalue weighted by molar-refractivity contribution is -0.129. The molecule has 0 aliphatic carbocycles. The summed E-state index contributed by atoms with van der Waals surface area (Å²) in [4.78, 5) is 25.2. The van der Waals surface area contributed by atoms with E-state index in [0.29, 0.717) is 32.0 Å². The number of benzene rings is 2. The fourth-order valence-corrected chi connectivity index (χ4v) is 3.44. The monoisotopic (exact) mass is 411 g/mol. The van der Waals surface area contributed by atoms with Crippen molar-refractivity contribution in [1.29, 1.82) is 0 Å². The van der Waals surface area contributed by atoms with E-state index in [4.69, 9.17) is 0 Å². The van der Waals surface area contributed by atoms with Crippen molar-refractivity contribution in [2.45, 2.75) is 71.4 Å². The fraction of sp³-hybridized carbons (Fsp3) is 0.520. The molecule has 0 bridgehead atoms. The van der Waals surface area contributed by atoms with Crippen LogP contribution in [0.15, 0.2) is 42.5 Å². The lowest BCUT2D eigenvalue weighted by Crippen LogP contribution is -2.48. The van der Waals surface area contributed by atoms with E-state index in [1.807, 2.05) is 32.0 Å². The van der Waals surface area contributed by atoms with Crippen molar-refractivity contribution in [3.8, 4) is 0 Å². The quantitative estimate of drug-likeness (QED) is 0.437. The van der Waals surface area contributed by atoms with Crippen LogP contribution in [0, 0.1) is 0 Å². The van der Waals surface area contributed by atoms with Crippen LogP contribution in [0.3, 0.4) is 0 Å². The first kappa shape index (κ1) is 23.9. The highest BCUT2D eigenvalue weighted by Crippen LogP contribution is 2.17. The second-order valence-electron chi connectivity index (χ2n) is 8.22. The maximum absolute atomic E-state index is 12.8. The van der Waals surface area contributed by atoms with E-state index in [9.17, 15) is 9.59 Å². The molecule has 0 saturated carbocycles. The van der Waals surface area contributed by atoms with Crippen molar-refractivity contribution in [2.75, 3.05) is 13.1 Å². The molecular formula is C25H37N3O2. The summed E-state index contributed by atoms with van der Waals surface area (Å²) in [5, 5.41) is 11.5. The first-order valence-corrected chi connectivity index (χ1v) is 11.3. The molecule has 30 heavy (non-hydrogen) atoms. The number of rotatable bonds is 13. The molecule has 5 nitrogen and oxygen atoms in total. The molecule has 164 valence electrons. The predicted octanol–water partition coefficient (Wildman–Crippen LogP) is 3.95. The van der Waals surface area contributed by atoms with Crippen LogP contribution in [0.1, 0.15) is 58.4 Å². The van der Waals surface area contributed by atoms with Gasteiger partial charge in [0.1, 0.15) is 6.04 Å². The van der Waals surface area contributed by atoms with Gasteiger partial charge in [0.25, 0.3) is 0 Å². The van der Waals surface area contributed by atoms with Gasteiger partial charge in [0.05, 0.1) is 0 Å². The Bertz CT molecular complexity index is 804. The third-order valence-corrected chi connectivity index (χ3v) is 5.14. The summed E-state index contributed by atoms with van der Waals surface area (Å²) < 4.78 is 0. The molecule has 0 fully saturated rings. The van der Waals surface area contributed by atoms with Crippen molar-refractivity contribution in [1.82, 2.24) is 16.0 Å². The molecule has 0 radical (unpaired) electrons. The van der Waals surface area contributed by atoms with Gasteiger partial charge >= 0.3 is 0 Å². The number of carbonyl (C=O) groups is 2. The van der Waals surface area contributed by atoms with Crippen LogP contribution in [-0.4, -0.2) is 37.0 Å². The Morgan fingerprint density at radius 3 is 2.43 bits per heavy atom. The van der Waals surface area contributed by atoms with Gasteiger partial charge in [-0.25, -0.2) is 0 Å². The summed E-state index contributed by atoms with van der Waals surface area (Å²) in [7, 11) is 0. The van der Waals surface area contributed by atoms with Gasteiger partial charge in [-0.3, -0.25) is 9.59 Å². The Labute approximate surface area is 181 Å². The number of nitrogens with one attached hydrogen (secondary N) is 3. The number of fused-ring (bicyclic) bond motifs is 1. The van der Waals surface area contributed by atoms with E-state index in [1.165, 1.54) is 18.2 Å². The Balaban J connectivity index is 2.00. The van der Waals surface area contributed by atoms with Crippen LogP contribution in [-0.2, 0) is 16.0 Å². The van der Waals surface area contributed by atoms with Crippen LogP contribution in [0.2, 0.25) is 0 Å². The number of hydrogen-bond donors (Lipinski definition) is 3. The van der Waals surface area contributed by atoms with Crippen molar-refractivity contribution < 1.29 is 9.59 Å². The largest absolute Gasteiger partial charge is 0.354 e. The Kier molecular flexibility index (Phi) is 10.4. The normalized spacial score (nSPS) is 12.1. The molecule has 0 spiro atoms. The third-order valence-electron chi connectivity index (χ3n) is 5.14. The third kappa shape index (κ3) is 8.54. The average molecular weight is 412 g/mol. The summed E-state index contributed by atoms with van der Waals surface area (Å²) in [6.45, 7) is 7.52. The van der Waals surface area contributed by atoms with Crippen molar-refractivity contribution in [2.24, 2.45) is 0 Å². The highest BCUT2D eigenvalue weighted by molar-refractivity contribution is 5.88. The second-order valence-corrected chi connectivity index (χ2v) is 8.22. The summed E-state index contributed by atoms with van der Waals surface area (Å²) >= 11 is 0. The zero-order chi connectivity index (χ0) is 21.8. The lowest BCUT2D eigenvalue weighted by atomic mass is 10.0. The van der Waals surface area contributed by atoms with Crippen molar-refractivity contribution in [3.63, 3.8) is 0 Å². The maximum Gasteiger partial charge on any atom is 0.242 e. The zero-order valence-corrected chi connectivity index (χ0v) is 18.7. The smallest absolute Gasteiger partial charge is 0.242 e. The summed E-state index contributed by atoms with van der Waals surface area (Å²) in [5.74, 6) is -0.208. The van der Waals surface area contributed by atoms with Crippen molar-refractivity contribution in [3.05, 3.63) is 48.0 Å². The Morgan fingerprint density at radius 2 is 1.70 bits per heavy atom. The van der Waals surface area contributed by atoms with E-state index in [1.54, 1.807) is 0 Å². The van der Waals surface area contributed by atoms with E-state index in [0.717, 1.165) is 23.8 Å². The molecule has 2 aromatic rings. The molecular weight excluding hydrogens is 374 g/mol. The molecule has 0 saturated heterocycles. The molecule has 2 aromatic carbocycles. The zero-order valence-electron chi connectivity index (χ0n) is 18.7. The van der Waals surface area contributed by atoms with Gasteiger partial charge in [0, 0.05) is 32.0 Å². The Hall–Kier alpha value is -2.40. The highest BCUT2D eigenvalue weighted by Gasteiger charge is 2.21. The van der Waals surface area contributed by atoms with Gasteiger partial charge in [-0.15, -0.1) is 0 Å². The van der Waals surface area contributed by atoms with Gasteiger partial charge in [-0.1, -0.05) is 82.5 Å². The summed E-state index contributed by atoms with van der Waals surface area (Å²) in [6, 6.07) is 14.1. The summed E-state index contributed by atoms with van der Waals surface area (Å²) in [6.07, 6.45) is 5.26. The maximum atomic E-state index is 12.8. The van der Waals surface area contributed by atoms with Crippen LogP contribution < -0.4 is 16.0 Å². The van der Waals surface area contributed by atoms with E-state index >= 15 is 0 Å². The van der Waals surface area contributed by atoms with Gasteiger partial charge < -0.3 is 16.0 Å². The van der Waals surface area contributed by atoms with Crippen LogP contribution >= 0.6 is 0 Å². The fourth-order valence-electron chi connectivity index (χ4n) is 3.44. The van der Waals surface area contributed by atoms with Gasteiger partial charge in [0.15, 0.2) is 0 Å². The minimum Gasteiger partial charge on any atom is -0.354 e. The molecule has 1 atom stereocenters. The second kappa shape index (κ2) is 13.0. The lowest BCUT2D eigenvalue weighted by Gasteiger charge is -2.19. The number of unbranched alkanes of at least 4 members (excludes halogenated alkanes) is 3. The number of amides is 2. The number of hydrogen-bond acceptors (Lipinski definition) is 3. The number of carbonyl (C=O) groups excluding carboxylic acids is 2. The minimum atomic E-state index is -0.566. The molecule has 0 heterocycles. The molecule has 0 aliphatic heterocycles. The average Bonchev–Trinajstić information content (AvgIpc) is 2.72. The van der Waals surface area contributed by atoms with Gasteiger partial charge in [0.2, 0.25) is 11.8 Å². The van der Waals surface area contributed by atoms with Gasteiger partial charge in [-0.2, -0.15) is 0 Å². The summed E-state index contributed by atoms with van der Waals surface area (Å²) in [5.41, 5.74) is 1.04. The minimum absolute atomic E-state index is 0.102. The molecule has 0 aliphatic rings. The molecule has 5 heteroatoms. The van der Waals surface area contributed by atoms with Crippen LogP contribution in [0.5, 0.6) is 0 Å². The molecule has 0 aromatic heterocycles. The SMILES string of the molecule is CCCCCCNC(=O)[C@@H](Cc1ccc2ccccc2c1)NC(=O)CCNC(C)C. The first-order chi connectivity index (χ1) is 14.5. The molecule has 0 unspecified atom stereocenters. The molecule has 3 N–H and O–H groups in total. The first-order valence-electron chi connectivity index (χ1n) is 11.3. The highest BCUT2D eigenvalue weighted by atomic mass is 16.2. The van der Waals surface area contributed by atoms with Crippen molar-refractivity contribution >= 4 is 22.6 Å². The van der Waals surface area contributed by atoms with Crippen LogP contribution in [0.4, 0.5) is 0 Å². The molecule has 2 rings (SSSR count). The molecule has 2 amide bonds. The Morgan fingerprint density at radius 1 is 0.933 bits per heavy atom. The van der Waals surface area contributed by atoms with Crippen LogP contribution in [0.25, 0.3) is 10.8 Å². The van der Waals surface area contributed by atoms with E-state index in [-0.39, 0.29) is 11.8 Å². The standard InChI is InChI=1S/C25H37N3O2/c1-4-5-6-9-15-27-25(30)23(28-24(29)14-16-26-19(2)3)18-20-12-13-21-10-7-8-11-22(21)17-20/h7-8,10-13,17,19,23,26H,4-6,9,14-16,18H2,1-3H3,(H,27,30)(H,28,29)/t23-/m1/s1. The van der Waals surface area contributed by atoms with E-state index < -0.39 is 6.04 Å². The van der Waals surface area contributed by atoms with E-state index in [2.05, 4.69) is 47.1 Å². The topological polar surface area (TPSA) is 70.2 Å².